The molecule has 1 fully saturated rings. The van der Waals surface area contributed by atoms with E-state index in [4.69, 9.17) is 4.74 Å². The van der Waals surface area contributed by atoms with Crippen molar-refractivity contribution in [3.8, 4) is 0 Å². The minimum atomic E-state index is -0.194. The maximum absolute atomic E-state index is 11.4. The van der Waals surface area contributed by atoms with E-state index in [1.54, 1.807) is 11.3 Å². The molecule has 2 rings (SSSR count). The van der Waals surface area contributed by atoms with Crippen molar-refractivity contribution in [3.05, 3.63) is 16.1 Å². The zero-order chi connectivity index (χ0) is 13.0. The summed E-state index contributed by atoms with van der Waals surface area (Å²) >= 11 is 3.61. The summed E-state index contributed by atoms with van der Waals surface area (Å²) < 4.78 is 4.93. The lowest BCUT2D eigenvalue weighted by Crippen LogP contribution is -2.32. The lowest BCUT2D eigenvalue weighted by molar-refractivity contribution is -0.142. The molecule has 1 aromatic rings. The van der Waals surface area contributed by atoms with E-state index >= 15 is 0 Å². The normalized spacial score (nSPS) is 20.9. The average Bonchev–Trinajstić information content (AvgIpc) is 2.78. The van der Waals surface area contributed by atoms with E-state index in [0.717, 1.165) is 23.0 Å². The molecule has 0 radical (unpaired) electrons. The van der Waals surface area contributed by atoms with Crippen molar-refractivity contribution in [2.24, 2.45) is 0 Å². The van der Waals surface area contributed by atoms with Gasteiger partial charge in [0.2, 0.25) is 0 Å². The van der Waals surface area contributed by atoms with Gasteiger partial charge in [0, 0.05) is 23.4 Å². The summed E-state index contributed by atoms with van der Waals surface area (Å²) in [7, 11) is 2.14. The van der Waals surface area contributed by atoms with Crippen molar-refractivity contribution >= 4 is 29.1 Å². The van der Waals surface area contributed by atoms with Gasteiger partial charge in [0.25, 0.3) is 0 Å². The van der Waals surface area contributed by atoms with E-state index in [1.165, 1.54) is 5.75 Å². The molecule has 1 aliphatic heterocycles. The molecule has 100 valence electrons. The summed E-state index contributed by atoms with van der Waals surface area (Å²) in [6.07, 6.45) is 0.286. The van der Waals surface area contributed by atoms with Gasteiger partial charge in [-0.1, -0.05) is 0 Å². The molecule has 1 saturated heterocycles. The summed E-state index contributed by atoms with van der Waals surface area (Å²) in [4.78, 5) is 18.3. The molecule has 6 heteroatoms. The molecule has 1 aromatic heterocycles. The highest BCUT2D eigenvalue weighted by Crippen LogP contribution is 2.30. The molecule has 0 bridgehead atoms. The molecule has 0 saturated carbocycles. The highest BCUT2D eigenvalue weighted by Gasteiger charge is 2.24. The zero-order valence-corrected chi connectivity index (χ0v) is 12.4. The Morgan fingerprint density at radius 3 is 3.22 bits per heavy atom. The SMILES string of the molecule is CCOC(=O)Cc1csc(C2CSCCN2C)n1. The van der Waals surface area contributed by atoms with Crippen molar-refractivity contribution in [2.75, 3.05) is 31.7 Å². The van der Waals surface area contributed by atoms with Gasteiger partial charge in [-0.3, -0.25) is 9.69 Å². The number of esters is 1. The van der Waals surface area contributed by atoms with Gasteiger partial charge in [-0.15, -0.1) is 11.3 Å². The van der Waals surface area contributed by atoms with Gasteiger partial charge < -0.3 is 4.74 Å². The summed E-state index contributed by atoms with van der Waals surface area (Å²) in [5.74, 6) is 2.08. The fourth-order valence-corrected chi connectivity index (χ4v) is 4.17. The number of aromatic nitrogens is 1. The fraction of sp³-hybridized carbons (Fsp3) is 0.667. The maximum atomic E-state index is 11.4. The van der Waals surface area contributed by atoms with Crippen molar-refractivity contribution in [2.45, 2.75) is 19.4 Å². The highest BCUT2D eigenvalue weighted by molar-refractivity contribution is 7.99. The summed E-state index contributed by atoms with van der Waals surface area (Å²) in [6.45, 7) is 3.35. The van der Waals surface area contributed by atoms with E-state index in [9.17, 15) is 4.79 Å². The van der Waals surface area contributed by atoms with Crippen LogP contribution < -0.4 is 0 Å². The smallest absolute Gasteiger partial charge is 0.311 e. The Labute approximate surface area is 116 Å². The third kappa shape index (κ3) is 3.46. The van der Waals surface area contributed by atoms with E-state index in [2.05, 4.69) is 16.9 Å². The molecule has 1 atom stereocenters. The second kappa shape index (κ2) is 6.54. The van der Waals surface area contributed by atoms with E-state index in [-0.39, 0.29) is 12.4 Å². The largest absolute Gasteiger partial charge is 0.466 e. The number of nitrogens with zero attached hydrogens (tertiary/aromatic N) is 2. The molecular weight excluding hydrogens is 268 g/mol. The van der Waals surface area contributed by atoms with Crippen LogP contribution in [0, 0.1) is 0 Å². The Morgan fingerprint density at radius 1 is 1.67 bits per heavy atom. The number of rotatable bonds is 4. The zero-order valence-electron chi connectivity index (χ0n) is 10.7. The standard InChI is InChI=1S/C12H18N2O2S2/c1-3-16-11(15)6-9-7-18-12(13-9)10-8-17-5-4-14(10)2/h7,10H,3-6,8H2,1-2H3. The van der Waals surface area contributed by atoms with Crippen molar-refractivity contribution in [1.29, 1.82) is 0 Å². The third-order valence-corrected chi connectivity index (χ3v) is 4.90. The first-order chi connectivity index (χ1) is 8.70. The van der Waals surface area contributed by atoms with Gasteiger partial charge in [-0.05, 0) is 14.0 Å². The Balaban J connectivity index is 1.98. The molecule has 0 aliphatic carbocycles. The first kappa shape index (κ1) is 13.8. The molecule has 2 heterocycles. The lowest BCUT2D eigenvalue weighted by atomic mass is 10.3. The van der Waals surface area contributed by atoms with Crippen LogP contribution in [0.15, 0.2) is 5.38 Å². The highest BCUT2D eigenvalue weighted by atomic mass is 32.2. The second-order valence-corrected chi connectivity index (χ2v) is 6.27. The van der Waals surface area contributed by atoms with Crippen LogP contribution in [0.25, 0.3) is 0 Å². The first-order valence-electron chi connectivity index (χ1n) is 6.08. The van der Waals surface area contributed by atoms with Gasteiger partial charge in [0.15, 0.2) is 0 Å². The van der Waals surface area contributed by atoms with Crippen LogP contribution in [0.2, 0.25) is 0 Å². The summed E-state index contributed by atoms with van der Waals surface area (Å²) in [6, 6.07) is 0.393. The van der Waals surface area contributed by atoms with E-state index in [1.807, 2.05) is 24.1 Å². The van der Waals surface area contributed by atoms with Crippen LogP contribution in [0.3, 0.4) is 0 Å². The van der Waals surface area contributed by atoms with Crippen molar-refractivity contribution in [3.63, 3.8) is 0 Å². The van der Waals surface area contributed by atoms with Crippen molar-refractivity contribution in [1.82, 2.24) is 9.88 Å². The van der Waals surface area contributed by atoms with Crippen LogP contribution in [-0.2, 0) is 16.0 Å². The minimum absolute atomic E-state index is 0.194. The molecular formula is C12H18N2O2S2. The molecule has 18 heavy (non-hydrogen) atoms. The van der Waals surface area contributed by atoms with Crippen LogP contribution in [0.1, 0.15) is 23.7 Å². The number of thioether (sulfide) groups is 1. The molecule has 0 spiro atoms. The summed E-state index contributed by atoms with van der Waals surface area (Å²) in [5, 5.41) is 3.09. The van der Waals surface area contributed by atoms with E-state index in [0.29, 0.717) is 12.6 Å². The summed E-state index contributed by atoms with van der Waals surface area (Å²) in [5.41, 5.74) is 0.831. The number of hydrogen-bond donors (Lipinski definition) is 0. The van der Waals surface area contributed by atoms with Crippen LogP contribution in [-0.4, -0.2) is 47.6 Å². The van der Waals surface area contributed by atoms with Crippen LogP contribution in [0.5, 0.6) is 0 Å². The molecule has 0 N–H and O–H groups in total. The molecule has 0 aromatic carbocycles. The average molecular weight is 286 g/mol. The van der Waals surface area contributed by atoms with Gasteiger partial charge in [-0.25, -0.2) is 4.98 Å². The molecule has 1 unspecified atom stereocenters. The minimum Gasteiger partial charge on any atom is -0.466 e. The Bertz CT molecular complexity index is 409. The van der Waals surface area contributed by atoms with Gasteiger partial charge in [-0.2, -0.15) is 11.8 Å². The predicted molar refractivity (Wildman–Crippen MR) is 75.1 cm³/mol. The van der Waals surface area contributed by atoms with Crippen molar-refractivity contribution < 1.29 is 9.53 Å². The fourth-order valence-electron chi connectivity index (χ4n) is 1.86. The molecule has 1 aliphatic rings. The number of thiazole rings is 1. The van der Waals surface area contributed by atoms with Crippen LogP contribution >= 0.6 is 23.1 Å². The third-order valence-electron chi connectivity index (χ3n) is 2.88. The Kier molecular flexibility index (Phi) is 5.03. The number of carbonyl (C=O) groups excluding carboxylic acids is 1. The van der Waals surface area contributed by atoms with Gasteiger partial charge in [0.1, 0.15) is 5.01 Å². The number of hydrogen-bond acceptors (Lipinski definition) is 6. The van der Waals surface area contributed by atoms with Gasteiger partial charge in [0.05, 0.1) is 24.8 Å². The van der Waals surface area contributed by atoms with E-state index < -0.39 is 0 Å². The number of ether oxygens (including phenoxy) is 1. The Morgan fingerprint density at radius 2 is 2.50 bits per heavy atom. The van der Waals surface area contributed by atoms with Crippen LogP contribution in [0.4, 0.5) is 0 Å². The predicted octanol–water partition coefficient (Wildman–Crippen LogP) is 1.97. The second-order valence-electron chi connectivity index (χ2n) is 4.23. The first-order valence-corrected chi connectivity index (χ1v) is 8.12. The number of carbonyl (C=O) groups is 1. The van der Waals surface area contributed by atoms with Gasteiger partial charge >= 0.3 is 5.97 Å². The monoisotopic (exact) mass is 286 g/mol. The molecule has 0 amide bonds. The Hall–Kier alpha value is -0.590. The maximum Gasteiger partial charge on any atom is 0.311 e. The molecule has 4 nitrogen and oxygen atoms in total. The lowest BCUT2D eigenvalue weighted by Gasteiger charge is -2.30. The quantitative estimate of drug-likeness (QED) is 0.792. The topological polar surface area (TPSA) is 42.4 Å².